The highest BCUT2D eigenvalue weighted by Gasteiger charge is 2.31. The summed E-state index contributed by atoms with van der Waals surface area (Å²) in [5.74, 6) is 0.480. The Balaban J connectivity index is 2.79. The molecule has 2 rings (SSSR count). The third-order valence-corrected chi connectivity index (χ3v) is 5.29. The summed E-state index contributed by atoms with van der Waals surface area (Å²) in [6.45, 7) is 5.60. The third-order valence-electron chi connectivity index (χ3n) is 2.34. The van der Waals surface area contributed by atoms with Crippen molar-refractivity contribution in [3.05, 3.63) is 15.9 Å². The van der Waals surface area contributed by atoms with Crippen LogP contribution in [0.15, 0.2) is 21.1 Å². The topological polar surface area (TPSA) is 64.8 Å². The average molecular weight is 385 g/mol. The van der Waals surface area contributed by atoms with E-state index < -0.39 is 14.6 Å². The lowest BCUT2D eigenvalue weighted by Gasteiger charge is -2.23. The van der Waals surface area contributed by atoms with Crippen molar-refractivity contribution in [2.75, 3.05) is 0 Å². The summed E-state index contributed by atoms with van der Waals surface area (Å²) in [4.78, 5) is 0.814. The van der Waals surface area contributed by atoms with Crippen LogP contribution in [-0.4, -0.2) is 23.2 Å². The van der Waals surface area contributed by atoms with Crippen LogP contribution in [-0.2, 0) is 14.6 Å². The molecule has 0 bridgehead atoms. The Morgan fingerprint density at radius 3 is 2.42 bits per heavy atom. The fourth-order valence-corrected chi connectivity index (χ4v) is 4.17. The largest absolute Gasteiger partial charge is 0.296 e. The number of thiophene rings is 1. The van der Waals surface area contributed by atoms with Gasteiger partial charge in [0.05, 0.1) is 4.88 Å². The maximum absolute atomic E-state index is 11.6. The van der Waals surface area contributed by atoms with Crippen molar-refractivity contribution in [2.45, 2.75) is 31.5 Å². The molecule has 0 N–H and O–H groups in total. The number of nitrogens with zero attached hydrogens (tertiary/aromatic N) is 3. The molecule has 0 saturated carbocycles. The van der Waals surface area contributed by atoms with Gasteiger partial charge in [0.2, 0.25) is 0 Å². The van der Waals surface area contributed by atoms with Gasteiger partial charge in [-0.1, -0.05) is 0 Å². The molecule has 0 aliphatic carbocycles. The van der Waals surface area contributed by atoms with Crippen molar-refractivity contribution in [3.8, 4) is 10.7 Å². The first-order valence-electron chi connectivity index (χ1n) is 5.26. The Labute approximate surface area is 128 Å². The van der Waals surface area contributed by atoms with E-state index in [-0.39, 0.29) is 5.16 Å². The highest BCUT2D eigenvalue weighted by atomic mass is 79.9. The second-order valence-corrected chi connectivity index (χ2v) is 9.08. The van der Waals surface area contributed by atoms with E-state index in [9.17, 15) is 8.42 Å². The number of rotatable bonds is 2. The summed E-state index contributed by atoms with van der Waals surface area (Å²) in [6.07, 6.45) is 0. The highest BCUT2D eigenvalue weighted by molar-refractivity contribution is 9.10. The second kappa shape index (κ2) is 4.83. The van der Waals surface area contributed by atoms with Gasteiger partial charge in [0.25, 0.3) is 14.2 Å². The SMILES string of the molecule is CC(C)(C)n1c(-c2sccc2Br)nnc1S(=O)(=O)Cl. The fourth-order valence-electron chi connectivity index (χ4n) is 1.63. The van der Waals surface area contributed by atoms with Crippen molar-refractivity contribution >= 4 is 47.0 Å². The molecular formula is C10H11BrClN3O2S2. The van der Waals surface area contributed by atoms with E-state index in [1.54, 1.807) is 0 Å². The smallest absolute Gasteiger partial charge is 0.291 e. The molecule has 0 amide bonds. The molecule has 2 aromatic rings. The van der Waals surface area contributed by atoms with E-state index in [0.29, 0.717) is 5.82 Å². The second-order valence-electron chi connectivity index (χ2n) is 4.85. The van der Waals surface area contributed by atoms with E-state index in [4.69, 9.17) is 10.7 Å². The molecular weight excluding hydrogens is 374 g/mol. The van der Waals surface area contributed by atoms with Gasteiger partial charge >= 0.3 is 0 Å². The first-order chi connectivity index (χ1) is 8.62. The molecule has 5 nitrogen and oxygen atoms in total. The third kappa shape index (κ3) is 2.86. The molecule has 104 valence electrons. The summed E-state index contributed by atoms with van der Waals surface area (Å²) in [5.41, 5.74) is -0.514. The van der Waals surface area contributed by atoms with Crippen molar-refractivity contribution in [1.82, 2.24) is 14.8 Å². The van der Waals surface area contributed by atoms with Crippen molar-refractivity contribution < 1.29 is 8.42 Å². The Morgan fingerprint density at radius 1 is 1.37 bits per heavy atom. The minimum atomic E-state index is -3.95. The number of hydrogen-bond acceptors (Lipinski definition) is 5. The molecule has 0 spiro atoms. The van der Waals surface area contributed by atoms with E-state index in [1.807, 2.05) is 32.2 Å². The summed E-state index contributed by atoms with van der Waals surface area (Å²) in [7, 11) is 1.48. The number of hydrogen-bond donors (Lipinski definition) is 0. The summed E-state index contributed by atoms with van der Waals surface area (Å²) in [6, 6.07) is 1.87. The lowest BCUT2D eigenvalue weighted by atomic mass is 10.1. The van der Waals surface area contributed by atoms with Crippen LogP contribution in [0.2, 0.25) is 0 Å². The van der Waals surface area contributed by atoms with Gasteiger partial charge in [-0.15, -0.1) is 21.5 Å². The first kappa shape index (κ1) is 15.0. The maximum Gasteiger partial charge on any atom is 0.296 e. The van der Waals surface area contributed by atoms with Crippen LogP contribution in [0.1, 0.15) is 20.8 Å². The lowest BCUT2D eigenvalue weighted by molar-refractivity contribution is 0.367. The monoisotopic (exact) mass is 383 g/mol. The predicted octanol–water partition coefficient (Wildman–Crippen LogP) is 3.45. The predicted molar refractivity (Wildman–Crippen MR) is 79.1 cm³/mol. The molecule has 2 aromatic heterocycles. The summed E-state index contributed by atoms with van der Waals surface area (Å²) in [5, 5.41) is 9.36. The van der Waals surface area contributed by atoms with Crippen LogP contribution in [0.5, 0.6) is 0 Å². The van der Waals surface area contributed by atoms with Crippen LogP contribution >= 0.6 is 37.9 Å². The molecule has 0 aliphatic heterocycles. The molecule has 19 heavy (non-hydrogen) atoms. The Kier molecular flexibility index (Phi) is 3.81. The van der Waals surface area contributed by atoms with Crippen molar-refractivity contribution in [3.63, 3.8) is 0 Å². The lowest BCUT2D eigenvalue weighted by Crippen LogP contribution is -2.25. The van der Waals surface area contributed by atoms with E-state index >= 15 is 0 Å². The Bertz CT molecular complexity index is 715. The van der Waals surface area contributed by atoms with Crippen LogP contribution in [0, 0.1) is 0 Å². The quantitative estimate of drug-likeness (QED) is 0.744. The number of aromatic nitrogens is 3. The van der Waals surface area contributed by atoms with Gasteiger partial charge in [-0.3, -0.25) is 4.57 Å². The zero-order valence-electron chi connectivity index (χ0n) is 10.4. The summed E-state index contributed by atoms with van der Waals surface area (Å²) >= 11 is 4.86. The van der Waals surface area contributed by atoms with Crippen molar-refractivity contribution in [2.24, 2.45) is 0 Å². The van der Waals surface area contributed by atoms with E-state index in [0.717, 1.165) is 9.35 Å². The zero-order valence-corrected chi connectivity index (χ0v) is 14.4. The van der Waals surface area contributed by atoms with Crippen LogP contribution in [0.3, 0.4) is 0 Å². The van der Waals surface area contributed by atoms with Crippen LogP contribution in [0.25, 0.3) is 10.7 Å². The minimum absolute atomic E-state index is 0.239. The molecule has 0 unspecified atom stereocenters. The Hall–Kier alpha value is -0.440. The van der Waals surface area contributed by atoms with Gasteiger partial charge in [0.15, 0.2) is 5.82 Å². The van der Waals surface area contributed by atoms with Gasteiger partial charge in [0.1, 0.15) is 0 Å². The van der Waals surface area contributed by atoms with Gasteiger partial charge in [-0.2, -0.15) is 0 Å². The molecule has 0 saturated heterocycles. The first-order valence-corrected chi connectivity index (χ1v) is 9.24. The van der Waals surface area contributed by atoms with Gasteiger partial charge < -0.3 is 0 Å². The van der Waals surface area contributed by atoms with Crippen LogP contribution in [0.4, 0.5) is 0 Å². The molecule has 0 fully saturated rings. The van der Waals surface area contributed by atoms with Gasteiger partial charge in [-0.25, -0.2) is 8.42 Å². The normalized spacial score (nSPS) is 12.9. The molecule has 2 heterocycles. The average Bonchev–Trinajstić information content (AvgIpc) is 2.79. The van der Waals surface area contributed by atoms with E-state index in [1.165, 1.54) is 15.9 Å². The van der Waals surface area contributed by atoms with Gasteiger partial charge in [0, 0.05) is 20.7 Å². The summed E-state index contributed by atoms with van der Waals surface area (Å²) < 4.78 is 25.6. The van der Waals surface area contributed by atoms with Crippen LogP contribution < -0.4 is 0 Å². The minimum Gasteiger partial charge on any atom is -0.291 e. The van der Waals surface area contributed by atoms with Crippen molar-refractivity contribution in [1.29, 1.82) is 0 Å². The molecule has 0 aromatic carbocycles. The molecule has 9 heteroatoms. The maximum atomic E-state index is 11.6. The molecule has 0 aliphatic rings. The highest BCUT2D eigenvalue weighted by Crippen LogP contribution is 2.36. The standard InChI is InChI=1S/C10H11BrClN3O2S2/c1-10(2,3)15-8(7-6(11)4-5-18-7)13-14-9(15)19(12,16)17/h4-5H,1-3H3. The molecule has 0 radical (unpaired) electrons. The number of halogens is 2. The van der Waals surface area contributed by atoms with Gasteiger partial charge in [-0.05, 0) is 48.1 Å². The fraction of sp³-hybridized carbons (Fsp3) is 0.400. The molecule has 0 atom stereocenters. The van der Waals surface area contributed by atoms with E-state index in [2.05, 4.69) is 26.1 Å². The zero-order chi connectivity index (χ0) is 14.4. The Morgan fingerprint density at radius 2 is 2.00 bits per heavy atom.